The summed E-state index contributed by atoms with van der Waals surface area (Å²) in [5.74, 6) is -0.153. The minimum Gasteiger partial charge on any atom is -0.325 e. The van der Waals surface area contributed by atoms with Crippen molar-refractivity contribution in [1.29, 1.82) is 0 Å². The van der Waals surface area contributed by atoms with E-state index < -0.39 is 10.0 Å². The maximum Gasteiger partial charge on any atom is 0.243 e. The number of sulfonamides is 1. The summed E-state index contributed by atoms with van der Waals surface area (Å²) in [5.41, 5.74) is 0.575. The molecule has 7 heteroatoms. The van der Waals surface area contributed by atoms with Gasteiger partial charge in [0.25, 0.3) is 0 Å². The van der Waals surface area contributed by atoms with Crippen LogP contribution in [0.1, 0.15) is 40.5 Å². The fraction of sp³-hybridized carbons (Fsp3) is 0.632. The van der Waals surface area contributed by atoms with Crippen LogP contribution in [0.5, 0.6) is 0 Å². The molecule has 0 saturated carbocycles. The molecule has 1 saturated heterocycles. The summed E-state index contributed by atoms with van der Waals surface area (Å²) in [6.07, 6.45) is 1.79. The number of anilines is 1. The molecule has 1 fully saturated rings. The van der Waals surface area contributed by atoms with Crippen molar-refractivity contribution in [1.82, 2.24) is 9.21 Å². The van der Waals surface area contributed by atoms with Crippen LogP contribution in [0.2, 0.25) is 0 Å². The molecule has 1 amide bonds. The molecule has 1 unspecified atom stereocenters. The molecule has 0 aliphatic carbocycles. The SMILES string of the molecule is CC(N(C)CC(=O)Nc1cccc(S(=O)(=O)N2CCCC2)c1)C(C)(C)C. The molecule has 2 rings (SSSR count). The molecular formula is C19H31N3O3S. The number of amides is 1. The Morgan fingerprint density at radius 2 is 1.88 bits per heavy atom. The van der Waals surface area contributed by atoms with E-state index in [1.807, 2.05) is 11.9 Å². The Morgan fingerprint density at radius 3 is 2.46 bits per heavy atom. The second-order valence-corrected chi connectivity index (χ2v) is 10.1. The average molecular weight is 382 g/mol. The number of hydrogen-bond donors (Lipinski definition) is 1. The topological polar surface area (TPSA) is 69.7 Å². The first-order chi connectivity index (χ1) is 12.0. The minimum atomic E-state index is -3.48. The first-order valence-corrected chi connectivity index (χ1v) is 10.6. The second kappa shape index (κ2) is 8.06. The number of nitrogens with zero attached hydrogens (tertiary/aromatic N) is 2. The lowest BCUT2D eigenvalue weighted by atomic mass is 9.87. The third-order valence-electron chi connectivity index (χ3n) is 5.13. The maximum absolute atomic E-state index is 12.7. The zero-order valence-corrected chi connectivity index (χ0v) is 17.3. The summed E-state index contributed by atoms with van der Waals surface area (Å²) in [5, 5.41) is 2.82. The van der Waals surface area contributed by atoms with Crippen molar-refractivity contribution in [2.75, 3.05) is 32.0 Å². The van der Waals surface area contributed by atoms with Gasteiger partial charge in [0.2, 0.25) is 15.9 Å². The molecule has 1 atom stereocenters. The van der Waals surface area contributed by atoms with Gasteiger partial charge in [0, 0.05) is 24.8 Å². The molecule has 1 N–H and O–H groups in total. The number of nitrogens with one attached hydrogen (secondary N) is 1. The van der Waals surface area contributed by atoms with E-state index in [4.69, 9.17) is 0 Å². The van der Waals surface area contributed by atoms with Gasteiger partial charge in [0.1, 0.15) is 0 Å². The van der Waals surface area contributed by atoms with Gasteiger partial charge in [0.05, 0.1) is 11.4 Å². The van der Waals surface area contributed by atoms with E-state index in [0.29, 0.717) is 18.8 Å². The molecule has 0 bridgehead atoms. The standard InChI is InChI=1S/C19H31N3O3S/c1-15(19(2,3)4)21(5)14-18(23)20-16-9-8-10-17(13-16)26(24,25)22-11-6-7-12-22/h8-10,13,15H,6-7,11-12,14H2,1-5H3,(H,20,23). The Balaban J connectivity index is 2.05. The van der Waals surface area contributed by atoms with E-state index in [0.717, 1.165) is 12.8 Å². The molecule has 1 aromatic carbocycles. The summed E-state index contributed by atoms with van der Waals surface area (Å²) in [6, 6.07) is 6.74. The summed E-state index contributed by atoms with van der Waals surface area (Å²) in [4.78, 5) is 14.6. The van der Waals surface area contributed by atoms with Crippen molar-refractivity contribution in [2.24, 2.45) is 5.41 Å². The number of likely N-dealkylation sites (N-methyl/N-ethyl adjacent to an activating group) is 1. The van der Waals surface area contributed by atoms with Crippen LogP contribution in [0.4, 0.5) is 5.69 Å². The fourth-order valence-corrected chi connectivity index (χ4v) is 4.60. The van der Waals surface area contributed by atoms with Crippen LogP contribution in [-0.4, -0.2) is 56.3 Å². The molecule has 1 aromatic rings. The van der Waals surface area contributed by atoms with Gasteiger partial charge < -0.3 is 5.32 Å². The summed E-state index contributed by atoms with van der Waals surface area (Å²) >= 11 is 0. The number of benzene rings is 1. The zero-order chi connectivity index (χ0) is 19.5. The van der Waals surface area contributed by atoms with Gasteiger partial charge in [-0.2, -0.15) is 4.31 Å². The van der Waals surface area contributed by atoms with Gasteiger partial charge in [-0.3, -0.25) is 9.69 Å². The van der Waals surface area contributed by atoms with Crippen molar-refractivity contribution in [3.63, 3.8) is 0 Å². The van der Waals surface area contributed by atoms with Crippen LogP contribution >= 0.6 is 0 Å². The lowest BCUT2D eigenvalue weighted by Gasteiger charge is -2.34. The Morgan fingerprint density at radius 1 is 1.27 bits per heavy atom. The Labute approximate surface area is 157 Å². The van der Waals surface area contributed by atoms with Gasteiger partial charge in [-0.25, -0.2) is 8.42 Å². The third kappa shape index (κ3) is 5.05. The summed E-state index contributed by atoms with van der Waals surface area (Å²) < 4.78 is 26.8. The first kappa shape index (κ1) is 20.9. The van der Waals surface area contributed by atoms with Crippen LogP contribution in [0.15, 0.2) is 29.2 Å². The monoisotopic (exact) mass is 381 g/mol. The van der Waals surface area contributed by atoms with E-state index in [1.54, 1.807) is 24.3 Å². The number of carbonyl (C=O) groups is 1. The van der Waals surface area contributed by atoms with Crippen molar-refractivity contribution in [3.05, 3.63) is 24.3 Å². The number of carbonyl (C=O) groups excluding carboxylic acids is 1. The molecule has 0 radical (unpaired) electrons. The molecule has 26 heavy (non-hydrogen) atoms. The predicted octanol–water partition coefficient (Wildman–Crippen LogP) is 2.78. The summed E-state index contributed by atoms with van der Waals surface area (Å²) in [7, 11) is -1.56. The highest BCUT2D eigenvalue weighted by Gasteiger charge is 2.28. The zero-order valence-electron chi connectivity index (χ0n) is 16.4. The van der Waals surface area contributed by atoms with Crippen molar-refractivity contribution < 1.29 is 13.2 Å². The molecule has 0 aromatic heterocycles. The fourth-order valence-electron chi connectivity index (χ4n) is 3.04. The van der Waals surface area contributed by atoms with Crippen molar-refractivity contribution in [2.45, 2.75) is 51.5 Å². The Hall–Kier alpha value is -1.44. The predicted molar refractivity (Wildman–Crippen MR) is 105 cm³/mol. The molecule has 1 heterocycles. The van der Waals surface area contributed by atoms with Gasteiger partial charge in [-0.05, 0) is 50.4 Å². The molecule has 0 spiro atoms. The van der Waals surface area contributed by atoms with Gasteiger partial charge in [-0.1, -0.05) is 26.8 Å². The van der Waals surface area contributed by atoms with Crippen LogP contribution in [0.3, 0.4) is 0 Å². The van der Waals surface area contributed by atoms with E-state index in [1.165, 1.54) is 4.31 Å². The second-order valence-electron chi connectivity index (χ2n) is 8.14. The molecular weight excluding hydrogens is 350 g/mol. The van der Waals surface area contributed by atoms with E-state index >= 15 is 0 Å². The first-order valence-electron chi connectivity index (χ1n) is 9.12. The smallest absolute Gasteiger partial charge is 0.243 e. The van der Waals surface area contributed by atoms with E-state index in [2.05, 4.69) is 33.0 Å². The maximum atomic E-state index is 12.7. The molecule has 1 aliphatic rings. The lowest BCUT2D eigenvalue weighted by molar-refractivity contribution is -0.117. The van der Waals surface area contributed by atoms with Gasteiger partial charge in [0.15, 0.2) is 0 Å². The highest BCUT2D eigenvalue weighted by molar-refractivity contribution is 7.89. The molecule has 1 aliphatic heterocycles. The highest BCUT2D eigenvalue weighted by Crippen LogP contribution is 2.24. The Kier molecular flexibility index (Phi) is 6.47. The molecule has 6 nitrogen and oxygen atoms in total. The van der Waals surface area contributed by atoms with Gasteiger partial charge >= 0.3 is 0 Å². The molecule has 146 valence electrons. The normalized spacial score (nSPS) is 17.5. The van der Waals surface area contributed by atoms with E-state index in [-0.39, 0.29) is 28.8 Å². The van der Waals surface area contributed by atoms with Gasteiger partial charge in [-0.15, -0.1) is 0 Å². The van der Waals surface area contributed by atoms with Crippen molar-refractivity contribution >= 4 is 21.6 Å². The van der Waals surface area contributed by atoms with Crippen LogP contribution in [-0.2, 0) is 14.8 Å². The third-order valence-corrected chi connectivity index (χ3v) is 7.02. The average Bonchev–Trinajstić information content (AvgIpc) is 3.08. The number of rotatable bonds is 6. The minimum absolute atomic E-state index is 0.0682. The van der Waals surface area contributed by atoms with Crippen LogP contribution in [0, 0.1) is 5.41 Å². The number of hydrogen-bond acceptors (Lipinski definition) is 4. The van der Waals surface area contributed by atoms with Crippen molar-refractivity contribution in [3.8, 4) is 0 Å². The summed E-state index contributed by atoms with van der Waals surface area (Å²) in [6.45, 7) is 9.89. The van der Waals surface area contributed by atoms with Crippen LogP contribution in [0.25, 0.3) is 0 Å². The highest BCUT2D eigenvalue weighted by atomic mass is 32.2. The Bertz CT molecular complexity index is 735. The largest absolute Gasteiger partial charge is 0.325 e. The quantitative estimate of drug-likeness (QED) is 0.823. The van der Waals surface area contributed by atoms with Crippen LogP contribution < -0.4 is 5.32 Å². The lowest BCUT2D eigenvalue weighted by Crippen LogP contribution is -2.43. The van der Waals surface area contributed by atoms with E-state index in [9.17, 15) is 13.2 Å².